The van der Waals surface area contributed by atoms with E-state index in [1.807, 2.05) is 25.8 Å². The van der Waals surface area contributed by atoms with Crippen molar-refractivity contribution in [3.63, 3.8) is 0 Å². The molecule has 19 heavy (non-hydrogen) atoms. The number of hydrogen-bond donors (Lipinski definition) is 1. The molecule has 3 heteroatoms. The number of amides is 1. The van der Waals surface area contributed by atoms with Crippen LogP contribution in [0.25, 0.3) is 0 Å². The van der Waals surface area contributed by atoms with Crippen LogP contribution in [-0.2, 0) is 4.79 Å². The lowest BCUT2D eigenvalue weighted by Gasteiger charge is -2.30. The Hall–Kier alpha value is -1.35. The van der Waals surface area contributed by atoms with Gasteiger partial charge in [0.25, 0.3) is 0 Å². The number of aryl methyl sites for hydroxylation is 1. The maximum absolute atomic E-state index is 12.4. The molecule has 2 N–H and O–H groups in total. The Morgan fingerprint density at radius 3 is 2.16 bits per heavy atom. The van der Waals surface area contributed by atoms with Crippen molar-refractivity contribution in [2.45, 2.75) is 33.7 Å². The number of rotatable bonds is 5. The average Bonchev–Trinajstić information content (AvgIpc) is 2.38. The van der Waals surface area contributed by atoms with E-state index in [1.165, 1.54) is 5.56 Å². The molecular weight excluding hydrogens is 236 g/mol. The zero-order chi connectivity index (χ0) is 14.6. The Labute approximate surface area is 116 Å². The average molecular weight is 262 g/mol. The van der Waals surface area contributed by atoms with Gasteiger partial charge in [0.15, 0.2) is 0 Å². The fraction of sp³-hybridized carbons (Fsp3) is 0.562. The largest absolute Gasteiger partial charge is 0.339 e. The minimum absolute atomic E-state index is 0.0703. The van der Waals surface area contributed by atoms with Gasteiger partial charge in [-0.05, 0) is 25.3 Å². The molecule has 0 aliphatic heterocycles. The summed E-state index contributed by atoms with van der Waals surface area (Å²) in [4.78, 5) is 14.3. The molecule has 0 bridgehead atoms. The van der Waals surface area contributed by atoms with Gasteiger partial charge in [0.05, 0.1) is 12.0 Å². The van der Waals surface area contributed by atoms with Crippen LogP contribution in [0.2, 0.25) is 0 Å². The third-order valence-electron chi connectivity index (χ3n) is 3.86. The molecule has 2 atom stereocenters. The Morgan fingerprint density at radius 2 is 1.74 bits per heavy atom. The molecule has 0 spiro atoms. The molecule has 1 aromatic carbocycles. The number of nitrogens with zero attached hydrogens (tertiary/aromatic N) is 1. The summed E-state index contributed by atoms with van der Waals surface area (Å²) in [5, 5.41) is 0. The molecule has 0 aliphatic rings. The predicted octanol–water partition coefficient (Wildman–Crippen LogP) is 2.75. The maximum Gasteiger partial charge on any atom is 0.227 e. The first kappa shape index (κ1) is 15.7. The summed E-state index contributed by atoms with van der Waals surface area (Å²) in [5.74, 6) is 0.300. The second kappa shape index (κ2) is 6.71. The topological polar surface area (TPSA) is 46.3 Å². The molecule has 3 nitrogen and oxygen atoms in total. The van der Waals surface area contributed by atoms with Crippen LogP contribution in [0, 0.1) is 18.8 Å². The van der Waals surface area contributed by atoms with Crippen LogP contribution in [0.3, 0.4) is 0 Å². The van der Waals surface area contributed by atoms with Crippen LogP contribution in [0.5, 0.6) is 0 Å². The van der Waals surface area contributed by atoms with Crippen LogP contribution in [0.1, 0.15) is 37.9 Å². The summed E-state index contributed by atoms with van der Waals surface area (Å²) in [6.45, 7) is 8.60. The first-order valence-electron chi connectivity index (χ1n) is 6.91. The number of carbonyl (C=O) groups is 1. The highest BCUT2D eigenvalue weighted by atomic mass is 16.2. The summed E-state index contributed by atoms with van der Waals surface area (Å²) >= 11 is 0. The zero-order valence-corrected chi connectivity index (χ0v) is 12.7. The van der Waals surface area contributed by atoms with Crippen molar-refractivity contribution in [3.05, 3.63) is 35.4 Å². The van der Waals surface area contributed by atoms with Crippen molar-refractivity contribution in [1.82, 2.24) is 4.90 Å². The zero-order valence-electron chi connectivity index (χ0n) is 12.7. The molecular formula is C16H26N2O. The van der Waals surface area contributed by atoms with Crippen molar-refractivity contribution in [3.8, 4) is 0 Å². The van der Waals surface area contributed by atoms with E-state index >= 15 is 0 Å². The van der Waals surface area contributed by atoms with Crippen molar-refractivity contribution in [1.29, 1.82) is 0 Å². The van der Waals surface area contributed by atoms with E-state index in [4.69, 9.17) is 5.73 Å². The third-order valence-corrected chi connectivity index (χ3v) is 3.86. The molecule has 2 unspecified atom stereocenters. The molecule has 0 aliphatic carbocycles. The third kappa shape index (κ3) is 3.80. The highest BCUT2D eigenvalue weighted by Crippen LogP contribution is 2.22. The molecule has 0 heterocycles. The van der Waals surface area contributed by atoms with Crippen molar-refractivity contribution < 1.29 is 4.79 Å². The number of hydrogen-bond acceptors (Lipinski definition) is 2. The van der Waals surface area contributed by atoms with E-state index in [2.05, 4.69) is 38.1 Å². The molecule has 1 rings (SSSR count). The molecule has 106 valence electrons. The van der Waals surface area contributed by atoms with Crippen LogP contribution in [0.4, 0.5) is 0 Å². The summed E-state index contributed by atoms with van der Waals surface area (Å²) in [6, 6.07) is 8.38. The molecule has 0 radical (unpaired) electrons. The van der Waals surface area contributed by atoms with E-state index in [1.54, 1.807) is 0 Å². The predicted molar refractivity (Wildman–Crippen MR) is 79.7 cm³/mol. The summed E-state index contributed by atoms with van der Waals surface area (Å²) < 4.78 is 0. The van der Waals surface area contributed by atoms with Gasteiger partial charge in [-0.3, -0.25) is 4.79 Å². The van der Waals surface area contributed by atoms with Crippen molar-refractivity contribution >= 4 is 5.91 Å². The van der Waals surface area contributed by atoms with E-state index in [9.17, 15) is 4.79 Å². The van der Waals surface area contributed by atoms with Gasteiger partial charge >= 0.3 is 0 Å². The lowest BCUT2D eigenvalue weighted by atomic mass is 9.93. The monoisotopic (exact) mass is 262 g/mol. The molecule has 0 saturated heterocycles. The second-order valence-corrected chi connectivity index (χ2v) is 5.62. The van der Waals surface area contributed by atoms with Gasteiger partial charge in [0, 0.05) is 13.6 Å². The number of nitrogens with two attached hydrogens (primary N) is 1. The highest BCUT2D eigenvalue weighted by Gasteiger charge is 2.26. The minimum atomic E-state index is -0.0992. The minimum Gasteiger partial charge on any atom is -0.339 e. The second-order valence-electron chi connectivity index (χ2n) is 5.62. The van der Waals surface area contributed by atoms with Gasteiger partial charge in [-0.1, -0.05) is 43.7 Å². The lowest BCUT2D eigenvalue weighted by Crippen LogP contribution is -2.40. The van der Waals surface area contributed by atoms with Gasteiger partial charge in [0.2, 0.25) is 5.91 Å². The smallest absolute Gasteiger partial charge is 0.227 e. The summed E-state index contributed by atoms with van der Waals surface area (Å²) in [6.07, 6.45) is 0. The Kier molecular flexibility index (Phi) is 5.55. The fourth-order valence-electron chi connectivity index (χ4n) is 2.18. The van der Waals surface area contributed by atoms with E-state index in [0.717, 1.165) is 5.56 Å². The number of carbonyl (C=O) groups excluding carboxylic acids is 1. The first-order chi connectivity index (χ1) is 8.88. The van der Waals surface area contributed by atoms with Crippen molar-refractivity contribution in [2.24, 2.45) is 17.6 Å². The van der Waals surface area contributed by atoms with Gasteiger partial charge in [-0.15, -0.1) is 0 Å². The van der Waals surface area contributed by atoms with Crippen LogP contribution < -0.4 is 5.73 Å². The van der Waals surface area contributed by atoms with Gasteiger partial charge in [-0.2, -0.15) is 0 Å². The number of benzene rings is 1. The molecule has 0 saturated carbocycles. The van der Waals surface area contributed by atoms with Gasteiger partial charge < -0.3 is 10.6 Å². The molecule has 0 aromatic heterocycles. The summed E-state index contributed by atoms with van der Waals surface area (Å²) in [7, 11) is 1.86. The van der Waals surface area contributed by atoms with Crippen LogP contribution in [0.15, 0.2) is 24.3 Å². The van der Waals surface area contributed by atoms with E-state index < -0.39 is 0 Å². The lowest BCUT2D eigenvalue weighted by molar-refractivity contribution is -0.137. The Morgan fingerprint density at radius 1 is 1.21 bits per heavy atom. The first-order valence-corrected chi connectivity index (χ1v) is 6.91. The fourth-order valence-corrected chi connectivity index (χ4v) is 2.18. The normalized spacial score (nSPS) is 14.3. The molecule has 0 fully saturated rings. The van der Waals surface area contributed by atoms with Gasteiger partial charge in [-0.25, -0.2) is 0 Å². The SMILES string of the molecule is Cc1ccc(C(C)N(C)C(=O)C(CN)C(C)C)cc1. The summed E-state index contributed by atoms with van der Waals surface area (Å²) in [5.41, 5.74) is 8.11. The van der Waals surface area contributed by atoms with Crippen LogP contribution in [-0.4, -0.2) is 24.4 Å². The molecule has 1 aromatic rings. The quantitative estimate of drug-likeness (QED) is 0.887. The van der Waals surface area contributed by atoms with Gasteiger partial charge in [0.1, 0.15) is 0 Å². The maximum atomic E-state index is 12.4. The van der Waals surface area contributed by atoms with Crippen LogP contribution >= 0.6 is 0 Å². The highest BCUT2D eigenvalue weighted by molar-refractivity contribution is 5.79. The van der Waals surface area contributed by atoms with E-state index in [0.29, 0.717) is 6.54 Å². The van der Waals surface area contributed by atoms with Crippen molar-refractivity contribution in [2.75, 3.05) is 13.6 Å². The Bertz CT molecular complexity index is 411. The molecule has 1 amide bonds. The van der Waals surface area contributed by atoms with E-state index in [-0.39, 0.29) is 23.8 Å². The Balaban J connectivity index is 2.84. The standard InChI is InChI=1S/C16H26N2O/c1-11(2)15(10-17)16(19)18(5)13(4)14-8-6-12(3)7-9-14/h6-9,11,13,15H,10,17H2,1-5H3.